The molecule has 1 aliphatic rings. The molecule has 0 unspecified atom stereocenters. The van der Waals surface area contributed by atoms with Gasteiger partial charge in [0.25, 0.3) is 17.4 Å². The van der Waals surface area contributed by atoms with Crippen LogP contribution in [0, 0.1) is 0 Å². The first-order valence-corrected chi connectivity index (χ1v) is 11.4. The Kier molecular flexibility index (Phi) is 6.16. The molecule has 0 fully saturated rings. The molecule has 0 saturated heterocycles. The Morgan fingerprint density at radius 3 is 2.19 bits per heavy atom. The van der Waals surface area contributed by atoms with Gasteiger partial charge in [0, 0.05) is 19.5 Å². The number of aromatic nitrogens is 4. The van der Waals surface area contributed by atoms with E-state index >= 15 is 0 Å². The van der Waals surface area contributed by atoms with E-state index in [1.54, 1.807) is 43.1 Å². The van der Waals surface area contributed by atoms with Crippen molar-refractivity contribution in [2.75, 3.05) is 20.8 Å². The number of rotatable bonds is 8. The van der Waals surface area contributed by atoms with Gasteiger partial charge in [-0.15, -0.1) is 0 Å². The molecule has 1 aliphatic heterocycles. The summed E-state index contributed by atoms with van der Waals surface area (Å²) in [5.41, 5.74) is 1.87. The van der Waals surface area contributed by atoms with Crippen molar-refractivity contribution < 1.29 is 19.1 Å². The summed E-state index contributed by atoms with van der Waals surface area (Å²) < 4.78 is 12.3. The first kappa shape index (κ1) is 23.2. The molecule has 2 aromatic heterocycles. The lowest BCUT2D eigenvalue weighted by Crippen LogP contribution is -2.34. The van der Waals surface area contributed by atoms with Crippen LogP contribution in [0.2, 0.25) is 0 Å². The minimum Gasteiger partial charge on any atom is -0.493 e. The first-order chi connectivity index (χ1) is 17.5. The molecule has 0 spiro atoms. The Hall–Kier alpha value is -4.60. The third-order valence-electron chi connectivity index (χ3n) is 6.26. The summed E-state index contributed by atoms with van der Waals surface area (Å²) in [6.07, 6.45) is 3.56. The average molecular weight is 486 g/mol. The van der Waals surface area contributed by atoms with E-state index in [-0.39, 0.29) is 30.3 Å². The fourth-order valence-corrected chi connectivity index (χ4v) is 4.38. The highest BCUT2D eigenvalue weighted by Gasteiger charge is 2.34. The van der Waals surface area contributed by atoms with Crippen LogP contribution in [-0.2, 0) is 19.4 Å². The highest BCUT2D eigenvalue weighted by atomic mass is 16.5. The van der Waals surface area contributed by atoms with Gasteiger partial charge in [-0.25, -0.2) is 4.98 Å². The number of aryl methyl sites for hydroxylation is 1. The number of nitrogens with zero attached hydrogens (tertiary/aromatic N) is 5. The van der Waals surface area contributed by atoms with Crippen molar-refractivity contribution in [3.05, 3.63) is 87.7 Å². The van der Waals surface area contributed by atoms with Gasteiger partial charge in [-0.2, -0.15) is 10.2 Å². The fraction of sp³-hybridized carbons (Fsp3) is 0.231. The van der Waals surface area contributed by atoms with Crippen molar-refractivity contribution in [1.29, 1.82) is 0 Å². The van der Waals surface area contributed by atoms with Gasteiger partial charge in [-0.05, 0) is 36.2 Å². The van der Waals surface area contributed by atoms with E-state index in [2.05, 4.69) is 15.2 Å². The number of amides is 2. The first-order valence-electron chi connectivity index (χ1n) is 11.4. The molecule has 2 aromatic carbocycles. The predicted molar refractivity (Wildman–Crippen MR) is 130 cm³/mol. The summed E-state index contributed by atoms with van der Waals surface area (Å²) >= 11 is 0. The van der Waals surface area contributed by atoms with Crippen molar-refractivity contribution in [3.8, 4) is 11.5 Å². The third-order valence-corrected chi connectivity index (χ3v) is 6.26. The molecule has 3 heterocycles. The van der Waals surface area contributed by atoms with Crippen molar-refractivity contribution in [3.63, 3.8) is 0 Å². The number of fused-ring (bicyclic) bond motifs is 2. The SMILES string of the molecule is COc1ccc(CCn2c(CCN3C(=O)c4ccccc4C3=O)nc3cnncc3c2=O)cc1OC. The second kappa shape index (κ2) is 9.57. The molecule has 36 heavy (non-hydrogen) atoms. The fourth-order valence-electron chi connectivity index (χ4n) is 4.38. The van der Waals surface area contributed by atoms with E-state index in [0.717, 1.165) is 5.56 Å². The summed E-state index contributed by atoms with van der Waals surface area (Å²) in [5, 5.41) is 8.01. The van der Waals surface area contributed by atoms with Crippen LogP contribution >= 0.6 is 0 Å². The van der Waals surface area contributed by atoms with Crippen molar-refractivity contribution >= 4 is 22.7 Å². The highest BCUT2D eigenvalue weighted by molar-refractivity contribution is 6.21. The number of carbonyl (C=O) groups is 2. The van der Waals surface area contributed by atoms with Crippen LogP contribution in [0.1, 0.15) is 32.1 Å². The zero-order chi connectivity index (χ0) is 25.2. The molecule has 5 rings (SSSR count). The summed E-state index contributed by atoms with van der Waals surface area (Å²) in [6.45, 7) is 0.427. The number of methoxy groups -OCH3 is 2. The number of imide groups is 1. The van der Waals surface area contributed by atoms with Gasteiger partial charge in [0.15, 0.2) is 11.5 Å². The van der Waals surface area contributed by atoms with Gasteiger partial charge in [0.1, 0.15) is 5.82 Å². The lowest BCUT2D eigenvalue weighted by atomic mass is 10.1. The molecule has 4 aromatic rings. The Morgan fingerprint density at radius 2 is 1.50 bits per heavy atom. The minimum atomic E-state index is -0.346. The second-order valence-corrected chi connectivity index (χ2v) is 8.27. The maximum atomic E-state index is 13.4. The number of benzene rings is 2. The summed E-state index contributed by atoms with van der Waals surface area (Å²) in [5.74, 6) is 0.978. The lowest BCUT2D eigenvalue weighted by Gasteiger charge is -2.17. The van der Waals surface area contributed by atoms with Crippen molar-refractivity contribution in [1.82, 2.24) is 24.6 Å². The van der Waals surface area contributed by atoms with Gasteiger partial charge in [0.2, 0.25) is 0 Å². The molecular formula is C26H23N5O5. The summed E-state index contributed by atoms with van der Waals surface area (Å²) in [6, 6.07) is 12.3. The molecule has 0 bridgehead atoms. The summed E-state index contributed by atoms with van der Waals surface area (Å²) in [7, 11) is 3.14. The zero-order valence-electron chi connectivity index (χ0n) is 19.8. The quantitative estimate of drug-likeness (QED) is 0.349. The molecule has 0 aliphatic carbocycles. The maximum absolute atomic E-state index is 13.4. The Balaban J connectivity index is 1.44. The molecule has 10 heteroatoms. The molecule has 2 amide bonds. The molecule has 0 atom stereocenters. The van der Waals surface area contributed by atoms with Crippen molar-refractivity contribution in [2.24, 2.45) is 0 Å². The lowest BCUT2D eigenvalue weighted by molar-refractivity contribution is 0.0655. The van der Waals surface area contributed by atoms with Crippen LogP contribution in [0.4, 0.5) is 0 Å². The topological polar surface area (TPSA) is 117 Å². The van der Waals surface area contributed by atoms with Crippen LogP contribution in [0.15, 0.2) is 59.7 Å². The van der Waals surface area contributed by atoms with Gasteiger partial charge in [-0.1, -0.05) is 18.2 Å². The van der Waals surface area contributed by atoms with Crippen LogP contribution in [0.5, 0.6) is 11.5 Å². The highest BCUT2D eigenvalue weighted by Crippen LogP contribution is 2.28. The molecule has 0 N–H and O–H groups in total. The minimum absolute atomic E-state index is 0.0964. The number of hydrogen-bond acceptors (Lipinski definition) is 8. The monoisotopic (exact) mass is 485 g/mol. The van der Waals surface area contributed by atoms with Crippen LogP contribution in [0.3, 0.4) is 0 Å². The van der Waals surface area contributed by atoms with Crippen LogP contribution in [-0.4, -0.2) is 57.2 Å². The molecule has 10 nitrogen and oxygen atoms in total. The predicted octanol–water partition coefficient (Wildman–Crippen LogP) is 2.29. The number of hydrogen-bond donors (Lipinski definition) is 0. The third kappa shape index (κ3) is 4.06. The van der Waals surface area contributed by atoms with E-state index < -0.39 is 0 Å². The van der Waals surface area contributed by atoms with E-state index in [1.807, 2.05) is 18.2 Å². The van der Waals surface area contributed by atoms with Gasteiger partial charge in [-0.3, -0.25) is 23.9 Å². The maximum Gasteiger partial charge on any atom is 0.263 e. The molecular weight excluding hydrogens is 462 g/mol. The molecule has 182 valence electrons. The van der Waals surface area contributed by atoms with E-state index in [4.69, 9.17) is 9.47 Å². The largest absolute Gasteiger partial charge is 0.493 e. The smallest absolute Gasteiger partial charge is 0.263 e. The normalized spacial score (nSPS) is 12.8. The average Bonchev–Trinajstić information content (AvgIpc) is 3.16. The zero-order valence-corrected chi connectivity index (χ0v) is 19.8. The number of carbonyl (C=O) groups excluding carboxylic acids is 2. The second-order valence-electron chi connectivity index (χ2n) is 8.27. The van der Waals surface area contributed by atoms with E-state index in [0.29, 0.717) is 52.3 Å². The van der Waals surface area contributed by atoms with Crippen LogP contribution in [0.25, 0.3) is 10.9 Å². The standard InChI is InChI=1S/C26H23N5O5/c1-35-21-8-7-16(13-22(21)36-2)9-11-30-23(29-20-15-28-27-14-19(20)26(30)34)10-12-31-24(32)17-5-3-4-6-18(17)25(31)33/h3-8,13-15H,9-12H2,1-2H3. The summed E-state index contributed by atoms with van der Waals surface area (Å²) in [4.78, 5) is 44.8. The van der Waals surface area contributed by atoms with Crippen molar-refractivity contribution in [2.45, 2.75) is 19.4 Å². The van der Waals surface area contributed by atoms with Gasteiger partial charge >= 0.3 is 0 Å². The molecule has 0 saturated carbocycles. The van der Waals surface area contributed by atoms with Crippen LogP contribution < -0.4 is 15.0 Å². The molecule has 0 radical (unpaired) electrons. The van der Waals surface area contributed by atoms with E-state index in [1.165, 1.54) is 17.3 Å². The van der Waals surface area contributed by atoms with Gasteiger partial charge < -0.3 is 9.47 Å². The Bertz CT molecular complexity index is 1510. The Labute approximate surface area is 206 Å². The Morgan fingerprint density at radius 1 is 0.806 bits per heavy atom. The van der Waals surface area contributed by atoms with E-state index in [9.17, 15) is 14.4 Å². The van der Waals surface area contributed by atoms with Gasteiger partial charge in [0.05, 0.1) is 48.6 Å². The number of ether oxygens (including phenoxy) is 2.